The fourth-order valence-corrected chi connectivity index (χ4v) is 8.45. The SMILES string of the molecule is CC(C)n1nc(-c2cccc(C(F)(F)F)n2)cc1[C@H]1CC[C@H](N2CCC3(CC2)CS(=O)(=O)C3)C1. The van der Waals surface area contributed by atoms with Gasteiger partial charge in [0.1, 0.15) is 11.4 Å². The van der Waals surface area contributed by atoms with Crippen molar-refractivity contribution in [2.24, 2.45) is 5.41 Å². The summed E-state index contributed by atoms with van der Waals surface area (Å²) in [5, 5.41) is 4.65. The third-order valence-corrected chi connectivity index (χ3v) is 9.91. The summed E-state index contributed by atoms with van der Waals surface area (Å²) in [5.41, 5.74) is 0.876. The molecule has 3 aliphatic rings. The summed E-state index contributed by atoms with van der Waals surface area (Å²) in [6.45, 7) is 5.94. The normalized spacial score (nSPS) is 26.8. The van der Waals surface area contributed by atoms with Crippen molar-refractivity contribution in [3.8, 4) is 11.4 Å². The molecule has 5 rings (SSSR count). The number of sulfone groups is 1. The van der Waals surface area contributed by atoms with Crippen molar-refractivity contribution in [2.45, 2.75) is 70.1 Å². The number of nitrogens with zero attached hydrogens (tertiary/aromatic N) is 4. The molecule has 0 amide bonds. The standard InChI is InChI=1S/C24H31F3N4O2S/c1-16(2)31-21(13-20(29-31)19-4-3-5-22(28-19)24(25,26)27)17-6-7-18(12-17)30-10-8-23(9-11-30)14-34(32,33)15-23/h3-5,13,16-18H,6-12,14-15H2,1-2H3/t17-,18-/m0/s1. The van der Waals surface area contributed by atoms with E-state index in [0.29, 0.717) is 29.2 Å². The Kier molecular flexibility index (Phi) is 5.82. The third-order valence-electron chi connectivity index (χ3n) is 7.81. The van der Waals surface area contributed by atoms with Crippen LogP contribution in [0.3, 0.4) is 0 Å². The van der Waals surface area contributed by atoms with E-state index in [1.54, 1.807) is 6.07 Å². The van der Waals surface area contributed by atoms with Crippen molar-refractivity contribution in [3.63, 3.8) is 0 Å². The molecule has 3 fully saturated rings. The molecule has 1 aliphatic carbocycles. The van der Waals surface area contributed by atoms with E-state index < -0.39 is 21.7 Å². The van der Waals surface area contributed by atoms with Gasteiger partial charge < -0.3 is 4.90 Å². The van der Waals surface area contributed by atoms with Gasteiger partial charge in [-0.25, -0.2) is 13.4 Å². The number of alkyl halides is 3. The first kappa shape index (κ1) is 23.8. The molecular weight excluding hydrogens is 465 g/mol. The summed E-state index contributed by atoms with van der Waals surface area (Å²) < 4.78 is 64.7. The molecule has 186 valence electrons. The van der Waals surface area contributed by atoms with Crippen molar-refractivity contribution in [2.75, 3.05) is 24.6 Å². The number of aromatic nitrogens is 3. The topological polar surface area (TPSA) is 68.1 Å². The zero-order valence-electron chi connectivity index (χ0n) is 19.6. The van der Waals surface area contributed by atoms with Crippen LogP contribution in [0.5, 0.6) is 0 Å². The maximum Gasteiger partial charge on any atom is 0.433 e. The molecule has 2 aromatic rings. The van der Waals surface area contributed by atoms with Gasteiger partial charge in [-0.2, -0.15) is 18.3 Å². The van der Waals surface area contributed by atoms with Gasteiger partial charge in [-0.1, -0.05) is 6.07 Å². The van der Waals surface area contributed by atoms with Gasteiger partial charge in [-0.05, 0) is 77.2 Å². The summed E-state index contributed by atoms with van der Waals surface area (Å²) in [6.07, 6.45) is 0.463. The van der Waals surface area contributed by atoms with Crippen molar-refractivity contribution in [3.05, 3.63) is 35.7 Å². The van der Waals surface area contributed by atoms with E-state index in [1.165, 1.54) is 6.07 Å². The van der Waals surface area contributed by atoms with E-state index in [-0.39, 0.29) is 17.2 Å². The van der Waals surface area contributed by atoms with Gasteiger partial charge >= 0.3 is 6.18 Å². The van der Waals surface area contributed by atoms with Gasteiger partial charge in [0.05, 0.1) is 17.2 Å². The molecule has 0 radical (unpaired) electrons. The predicted octanol–water partition coefficient (Wildman–Crippen LogP) is 4.69. The zero-order valence-corrected chi connectivity index (χ0v) is 20.4. The van der Waals surface area contributed by atoms with Crippen molar-refractivity contribution < 1.29 is 21.6 Å². The summed E-state index contributed by atoms with van der Waals surface area (Å²) in [5.74, 6) is 0.988. The summed E-state index contributed by atoms with van der Waals surface area (Å²) in [4.78, 5) is 6.34. The summed E-state index contributed by atoms with van der Waals surface area (Å²) >= 11 is 0. The molecule has 0 unspecified atom stereocenters. The van der Waals surface area contributed by atoms with Crippen LogP contribution in [0, 0.1) is 5.41 Å². The Labute approximate surface area is 198 Å². The highest BCUT2D eigenvalue weighted by Gasteiger charge is 2.50. The molecule has 2 aromatic heterocycles. The molecular formula is C24H31F3N4O2S. The maximum atomic E-state index is 13.2. The lowest BCUT2D eigenvalue weighted by molar-refractivity contribution is -0.141. The molecule has 4 heterocycles. The molecule has 0 N–H and O–H groups in total. The molecule has 6 nitrogen and oxygen atoms in total. The van der Waals surface area contributed by atoms with Crippen LogP contribution in [-0.2, 0) is 16.0 Å². The quantitative estimate of drug-likeness (QED) is 0.614. The number of pyridine rings is 1. The van der Waals surface area contributed by atoms with Gasteiger partial charge in [0.2, 0.25) is 0 Å². The second kappa shape index (κ2) is 8.33. The molecule has 0 bridgehead atoms. The number of rotatable bonds is 4. The smallest absolute Gasteiger partial charge is 0.300 e. The van der Waals surface area contributed by atoms with Crippen molar-refractivity contribution in [1.82, 2.24) is 19.7 Å². The van der Waals surface area contributed by atoms with Crippen LogP contribution in [0.4, 0.5) is 13.2 Å². The number of piperidine rings is 1. The predicted molar refractivity (Wildman–Crippen MR) is 123 cm³/mol. The Morgan fingerprint density at radius 3 is 2.41 bits per heavy atom. The first-order valence-electron chi connectivity index (χ1n) is 12.0. The Morgan fingerprint density at radius 1 is 1.09 bits per heavy atom. The van der Waals surface area contributed by atoms with Crippen LogP contribution in [0.1, 0.15) is 69.3 Å². The number of likely N-dealkylation sites (tertiary alicyclic amines) is 1. The summed E-state index contributed by atoms with van der Waals surface area (Å²) in [6, 6.07) is 6.39. The largest absolute Gasteiger partial charge is 0.433 e. The fraction of sp³-hybridized carbons (Fsp3) is 0.667. The highest BCUT2D eigenvalue weighted by molar-refractivity contribution is 7.92. The molecule has 0 aromatic carbocycles. The van der Waals surface area contributed by atoms with E-state index in [9.17, 15) is 21.6 Å². The lowest BCUT2D eigenvalue weighted by Crippen LogP contribution is -2.55. The van der Waals surface area contributed by atoms with Crippen LogP contribution < -0.4 is 0 Å². The van der Waals surface area contributed by atoms with Crippen LogP contribution in [0.15, 0.2) is 24.3 Å². The van der Waals surface area contributed by atoms with Gasteiger partial charge in [-0.15, -0.1) is 0 Å². The van der Waals surface area contributed by atoms with Crippen LogP contribution in [-0.4, -0.2) is 58.7 Å². The Morgan fingerprint density at radius 2 is 1.79 bits per heavy atom. The minimum Gasteiger partial charge on any atom is -0.300 e. The van der Waals surface area contributed by atoms with Crippen molar-refractivity contribution in [1.29, 1.82) is 0 Å². The van der Waals surface area contributed by atoms with E-state index in [0.717, 1.165) is 57.0 Å². The molecule has 10 heteroatoms. The zero-order chi connectivity index (χ0) is 24.3. The average molecular weight is 497 g/mol. The third kappa shape index (κ3) is 4.51. The highest BCUT2D eigenvalue weighted by atomic mass is 32.2. The van der Waals surface area contributed by atoms with E-state index >= 15 is 0 Å². The Bertz CT molecular complexity index is 1150. The van der Waals surface area contributed by atoms with Crippen LogP contribution in [0.25, 0.3) is 11.4 Å². The number of hydrogen-bond donors (Lipinski definition) is 0. The van der Waals surface area contributed by atoms with Gasteiger partial charge in [-0.3, -0.25) is 4.68 Å². The van der Waals surface area contributed by atoms with E-state index in [2.05, 4.69) is 15.0 Å². The molecule has 1 spiro atoms. The van der Waals surface area contributed by atoms with Crippen LogP contribution >= 0.6 is 0 Å². The second-order valence-corrected chi connectivity index (χ2v) is 12.7. The first-order valence-corrected chi connectivity index (χ1v) is 13.9. The minimum absolute atomic E-state index is 0.0104. The molecule has 2 atom stereocenters. The number of hydrogen-bond acceptors (Lipinski definition) is 5. The molecule has 2 aliphatic heterocycles. The van der Waals surface area contributed by atoms with Crippen LogP contribution in [0.2, 0.25) is 0 Å². The van der Waals surface area contributed by atoms with E-state index in [4.69, 9.17) is 0 Å². The Balaban J connectivity index is 1.31. The lowest BCUT2D eigenvalue weighted by atomic mass is 9.80. The number of halogens is 3. The maximum absolute atomic E-state index is 13.2. The highest BCUT2D eigenvalue weighted by Crippen LogP contribution is 2.45. The van der Waals surface area contributed by atoms with Gasteiger partial charge in [0, 0.05) is 29.1 Å². The Hall–Kier alpha value is -1.94. The van der Waals surface area contributed by atoms with Crippen molar-refractivity contribution >= 4 is 9.84 Å². The molecule has 2 saturated heterocycles. The van der Waals surface area contributed by atoms with Gasteiger partial charge in [0.15, 0.2) is 9.84 Å². The fourth-order valence-electron chi connectivity index (χ4n) is 6.09. The lowest BCUT2D eigenvalue weighted by Gasteiger charge is -2.48. The molecule has 1 saturated carbocycles. The monoisotopic (exact) mass is 496 g/mol. The van der Waals surface area contributed by atoms with Gasteiger partial charge in [0.25, 0.3) is 0 Å². The molecule has 34 heavy (non-hydrogen) atoms. The van der Waals surface area contributed by atoms with E-state index in [1.807, 2.05) is 24.6 Å². The summed E-state index contributed by atoms with van der Waals surface area (Å²) in [7, 11) is -2.81. The minimum atomic E-state index is -4.49. The first-order chi connectivity index (χ1) is 15.9. The second-order valence-electron chi connectivity index (χ2n) is 10.6. The average Bonchev–Trinajstić information content (AvgIpc) is 3.40.